The Hall–Kier alpha value is -1.84. The van der Waals surface area contributed by atoms with Crippen molar-refractivity contribution in [3.05, 3.63) is 35.4 Å². The first-order valence-corrected chi connectivity index (χ1v) is 6.14. The average molecular weight is 247 g/mol. The number of aryl methyl sites for hydroxylation is 1. The molecule has 1 rings (SSSR count). The molecule has 4 nitrogen and oxygen atoms in total. The standard InChI is InChI=1S/C14H21N3O/c1-10-4-8-13(9-5-10)11(2)6-7-12(3)16-17-14(15)18/h4-5,8-9,11H,6-7H2,1-3H3,(H3,15,17,18)/b16-12-/t11-/m0/s1. The second-order valence-electron chi connectivity index (χ2n) is 4.67. The molecular weight excluding hydrogens is 226 g/mol. The molecule has 0 saturated heterocycles. The minimum atomic E-state index is -0.624. The highest BCUT2D eigenvalue weighted by molar-refractivity contribution is 5.83. The van der Waals surface area contributed by atoms with Gasteiger partial charge in [-0.3, -0.25) is 0 Å². The van der Waals surface area contributed by atoms with Crippen LogP contribution in [0.2, 0.25) is 0 Å². The summed E-state index contributed by atoms with van der Waals surface area (Å²) in [6.45, 7) is 6.16. The zero-order chi connectivity index (χ0) is 13.5. The fourth-order valence-electron chi connectivity index (χ4n) is 1.69. The summed E-state index contributed by atoms with van der Waals surface area (Å²) >= 11 is 0. The molecule has 98 valence electrons. The molecule has 0 bridgehead atoms. The molecule has 1 aromatic rings. The molecule has 0 saturated carbocycles. The van der Waals surface area contributed by atoms with Crippen LogP contribution in [-0.4, -0.2) is 11.7 Å². The number of nitrogens with two attached hydrogens (primary N) is 1. The molecule has 0 heterocycles. The van der Waals surface area contributed by atoms with E-state index in [4.69, 9.17) is 5.73 Å². The van der Waals surface area contributed by atoms with Crippen molar-refractivity contribution in [2.24, 2.45) is 10.8 Å². The van der Waals surface area contributed by atoms with Gasteiger partial charge in [0.1, 0.15) is 0 Å². The predicted octanol–water partition coefficient (Wildman–Crippen LogP) is 2.92. The monoisotopic (exact) mass is 247 g/mol. The van der Waals surface area contributed by atoms with E-state index in [-0.39, 0.29) is 0 Å². The van der Waals surface area contributed by atoms with Crippen molar-refractivity contribution in [2.45, 2.75) is 39.5 Å². The van der Waals surface area contributed by atoms with Crippen LogP contribution in [0.15, 0.2) is 29.4 Å². The van der Waals surface area contributed by atoms with E-state index in [1.807, 2.05) is 6.92 Å². The van der Waals surface area contributed by atoms with E-state index in [0.29, 0.717) is 5.92 Å². The summed E-state index contributed by atoms with van der Waals surface area (Å²) < 4.78 is 0. The van der Waals surface area contributed by atoms with E-state index in [0.717, 1.165) is 18.6 Å². The van der Waals surface area contributed by atoms with Crippen LogP contribution >= 0.6 is 0 Å². The van der Waals surface area contributed by atoms with E-state index >= 15 is 0 Å². The van der Waals surface area contributed by atoms with Crippen molar-refractivity contribution in [1.82, 2.24) is 5.43 Å². The first kappa shape index (κ1) is 14.2. The zero-order valence-electron chi connectivity index (χ0n) is 11.2. The molecule has 0 aliphatic rings. The van der Waals surface area contributed by atoms with Gasteiger partial charge in [0.05, 0.1) is 0 Å². The largest absolute Gasteiger partial charge is 0.350 e. The van der Waals surface area contributed by atoms with Gasteiger partial charge >= 0.3 is 6.03 Å². The lowest BCUT2D eigenvalue weighted by Gasteiger charge is -2.11. The number of hydrogen-bond acceptors (Lipinski definition) is 2. The second-order valence-corrected chi connectivity index (χ2v) is 4.67. The number of nitrogens with one attached hydrogen (secondary N) is 1. The Morgan fingerprint density at radius 1 is 1.39 bits per heavy atom. The Kier molecular flexibility index (Phi) is 5.36. The van der Waals surface area contributed by atoms with Gasteiger partial charge in [0.25, 0.3) is 0 Å². The Bertz CT molecular complexity index is 423. The highest BCUT2D eigenvalue weighted by Gasteiger charge is 2.06. The van der Waals surface area contributed by atoms with E-state index in [9.17, 15) is 4.79 Å². The molecule has 0 radical (unpaired) electrons. The maximum atomic E-state index is 10.5. The van der Waals surface area contributed by atoms with Crippen LogP contribution < -0.4 is 11.2 Å². The van der Waals surface area contributed by atoms with Crippen LogP contribution in [-0.2, 0) is 0 Å². The topological polar surface area (TPSA) is 67.5 Å². The normalized spacial score (nSPS) is 13.2. The number of hydrogen-bond donors (Lipinski definition) is 2. The van der Waals surface area contributed by atoms with Crippen LogP contribution in [0.25, 0.3) is 0 Å². The number of carbonyl (C=O) groups excluding carboxylic acids is 1. The Balaban J connectivity index is 2.45. The van der Waals surface area contributed by atoms with E-state index in [1.54, 1.807) is 0 Å². The third-order valence-corrected chi connectivity index (χ3v) is 2.94. The van der Waals surface area contributed by atoms with Crippen molar-refractivity contribution in [2.75, 3.05) is 0 Å². The number of nitrogens with zero attached hydrogens (tertiary/aromatic N) is 1. The SMILES string of the molecule is C/C(CC[C@H](C)c1ccc(C)cc1)=N/NC(N)=O. The van der Waals surface area contributed by atoms with Crippen LogP contribution in [0.4, 0.5) is 4.79 Å². The average Bonchev–Trinajstić information content (AvgIpc) is 2.34. The molecule has 3 N–H and O–H groups in total. The van der Waals surface area contributed by atoms with Crippen LogP contribution in [0, 0.1) is 6.92 Å². The summed E-state index contributed by atoms with van der Waals surface area (Å²) in [5, 5.41) is 3.90. The summed E-state index contributed by atoms with van der Waals surface area (Å²) in [6, 6.07) is 7.95. The zero-order valence-corrected chi connectivity index (χ0v) is 11.2. The summed E-state index contributed by atoms with van der Waals surface area (Å²) in [7, 11) is 0. The lowest BCUT2D eigenvalue weighted by atomic mass is 9.94. The number of hydrazone groups is 1. The number of primary amides is 1. The highest BCUT2D eigenvalue weighted by atomic mass is 16.2. The van der Waals surface area contributed by atoms with Crippen molar-refractivity contribution >= 4 is 11.7 Å². The van der Waals surface area contributed by atoms with Crippen LogP contribution in [0.5, 0.6) is 0 Å². The van der Waals surface area contributed by atoms with Gasteiger partial charge in [-0.25, -0.2) is 10.2 Å². The lowest BCUT2D eigenvalue weighted by molar-refractivity contribution is 0.249. The van der Waals surface area contributed by atoms with Gasteiger partial charge < -0.3 is 5.73 Å². The van der Waals surface area contributed by atoms with Crippen molar-refractivity contribution in [3.8, 4) is 0 Å². The van der Waals surface area contributed by atoms with Gasteiger partial charge in [-0.15, -0.1) is 0 Å². The molecule has 1 aromatic carbocycles. The Morgan fingerprint density at radius 2 is 2.00 bits per heavy atom. The molecule has 0 unspecified atom stereocenters. The van der Waals surface area contributed by atoms with E-state index < -0.39 is 6.03 Å². The van der Waals surface area contributed by atoms with Gasteiger partial charge in [0.15, 0.2) is 0 Å². The molecule has 0 aromatic heterocycles. The molecule has 1 atom stereocenters. The van der Waals surface area contributed by atoms with Crippen molar-refractivity contribution in [1.29, 1.82) is 0 Å². The molecule has 4 heteroatoms. The third kappa shape index (κ3) is 4.99. The Morgan fingerprint density at radius 3 is 2.56 bits per heavy atom. The molecule has 18 heavy (non-hydrogen) atoms. The number of amides is 2. The molecule has 2 amide bonds. The number of urea groups is 1. The lowest BCUT2D eigenvalue weighted by Crippen LogP contribution is -2.25. The number of carbonyl (C=O) groups is 1. The fraction of sp³-hybridized carbons (Fsp3) is 0.429. The second kappa shape index (κ2) is 6.79. The molecule has 0 aliphatic heterocycles. The van der Waals surface area contributed by atoms with Gasteiger partial charge in [0.2, 0.25) is 0 Å². The first-order valence-electron chi connectivity index (χ1n) is 6.14. The molecule has 0 fully saturated rings. The molecule has 0 aliphatic carbocycles. The third-order valence-electron chi connectivity index (χ3n) is 2.94. The fourth-order valence-corrected chi connectivity index (χ4v) is 1.69. The van der Waals surface area contributed by atoms with Gasteiger partial charge in [-0.1, -0.05) is 36.8 Å². The Labute approximate surface area is 108 Å². The van der Waals surface area contributed by atoms with E-state index in [2.05, 4.69) is 48.6 Å². The van der Waals surface area contributed by atoms with Crippen LogP contribution in [0.1, 0.15) is 43.7 Å². The predicted molar refractivity (Wildman–Crippen MR) is 74.7 cm³/mol. The molecule has 0 spiro atoms. The van der Waals surface area contributed by atoms with E-state index in [1.165, 1.54) is 11.1 Å². The van der Waals surface area contributed by atoms with Gasteiger partial charge in [-0.05, 0) is 38.2 Å². The summed E-state index contributed by atoms with van der Waals surface area (Å²) in [5.74, 6) is 0.476. The molecular formula is C14H21N3O. The van der Waals surface area contributed by atoms with Gasteiger partial charge in [-0.2, -0.15) is 5.10 Å². The van der Waals surface area contributed by atoms with Gasteiger partial charge in [0, 0.05) is 5.71 Å². The first-order chi connectivity index (χ1) is 8.49. The minimum absolute atomic E-state index is 0.476. The van der Waals surface area contributed by atoms with Crippen LogP contribution in [0.3, 0.4) is 0 Å². The van der Waals surface area contributed by atoms with Crippen molar-refractivity contribution in [3.63, 3.8) is 0 Å². The summed E-state index contributed by atoms with van der Waals surface area (Å²) in [5.41, 5.74) is 10.7. The number of rotatable bonds is 5. The quantitative estimate of drug-likeness (QED) is 0.609. The number of benzene rings is 1. The smallest absolute Gasteiger partial charge is 0.332 e. The summed E-state index contributed by atoms with van der Waals surface area (Å²) in [6.07, 6.45) is 1.84. The highest BCUT2D eigenvalue weighted by Crippen LogP contribution is 2.21. The maximum absolute atomic E-state index is 10.5. The minimum Gasteiger partial charge on any atom is -0.350 e. The van der Waals surface area contributed by atoms with Crippen molar-refractivity contribution < 1.29 is 4.79 Å². The maximum Gasteiger partial charge on any atom is 0.332 e. The summed E-state index contributed by atoms with van der Waals surface area (Å²) in [4.78, 5) is 10.5.